The van der Waals surface area contributed by atoms with Crippen LogP contribution in [0.4, 0.5) is 4.39 Å². The number of methoxy groups -OCH3 is 1. The number of benzene rings is 1. The van der Waals surface area contributed by atoms with E-state index in [4.69, 9.17) is 9.15 Å². The topological polar surface area (TPSA) is 80.0 Å². The molecule has 1 N–H and O–H groups in total. The van der Waals surface area contributed by atoms with Crippen LogP contribution in [0, 0.1) is 12.7 Å². The van der Waals surface area contributed by atoms with Crippen LogP contribution in [0.5, 0.6) is 5.75 Å². The number of rotatable bonds is 3. The number of amides is 1. The van der Waals surface area contributed by atoms with Gasteiger partial charge in [-0.1, -0.05) is 0 Å². The van der Waals surface area contributed by atoms with E-state index in [1.165, 1.54) is 31.2 Å². The normalized spacial score (nSPS) is 19.5. The third kappa shape index (κ3) is 2.67. The Morgan fingerprint density at radius 2 is 2.00 bits per heavy atom. The molecule has 0 radical (unpaired) electrons. The number of likely N-dealkylation sites (N-methyl/N-ethyl adjacent to an activating group) is 1. The number of aliphatic hydroxyl groups excluding tert-OH is 1. The molecule has 7 heteroatoms. The summed E-state index contributed by atoms with van der Waals surface area (Å²) in [6.07, 6.45) is 0. The number of Topliss-reactive ketones (excluding diaryl/α,β-unsaturated/α-hetero) is 1. The van der Waals surface area contributed by atoms with E-state index < -0.39 is 29.3 Å². The van der Waals surface area contributed by atoms with Crippen LogP contribution < -0.4 is 4.74 Å². The van der Waals surface area contributed by atoms with Gasteiger partial charge in [-0.2, -0.15) is 0 Å². The number of carbonyl (C=O) groups is 2. The van der Waals surface area contributed by atoms with Gasteiger partial charge in [-0.05, 0) is 37.3 Å². The van der Waals surface area contributed by atoms with Gasteiger partial charge >= 0.3 is 0 Å². The standard InChI is InChI=1S/C18H16FNO5/c1-9-4-6-13(25-9)15-14(17(22)18(23)20(15)2)16(21)10-5-7-12(24-3)11(19)8-10/h4-8,15,21H,1-3H3/b16-14+. The molecule has 6 nitrogen and oxygen atoms in total. The summed E-state index contributed by atoms with van der Waals surface area (Å²) >= 11 is 0. The van der Waals surface area contributed by atoms with Crippen molar-refractivity contribution in [3.05, 3.63) is 58.8 Å². The van der Waals surface area contributed by atoms with Gasteiger partial charge in [0, 0.05) is 12.6 Å². The van der Waals surface area contributed by atoms with Crippen LogP contribution in [-0.2, 0) is 9.59 Å². The Morgan fingerprint density at radius 1 is 1.28 bits per heavy atom. The van der Waals surface area contributed by atoms with Crippen molar-refractivity contribution in [3.8, 4) is 5.75 Å². The van der Waals surface area contributed by atoms with Gasteiger partial charge < -0.3 is 19.2 Å². The molecule has 1 saturated heterocycles. The molecule has 1 aliphatic heterocycles. The molecule has 1 aromatic heterocycles. The van der Waals surface area contributed by atoms with Gasteiger partial charge in [0.1, 0.15) is 23.3 Å². The van der Waals surface area contributed by atoms with Crippen molar-refractivity contribution in [2.45, 2.75) is 13.0 Å². The molecular formula is C18H16FNO5. The van der Waals surface area contributed by atoms with Crippen molar-refractivity contribution in [3.63, 3.8) is 0 Å². The number of ether oxygens (including phenoxy) is 1. The summed E-state index contributed by atoms with van der Waals surface area (Å²) in [4.78, 5) is 25.7. The number of hydrogen-bond acceptors (Lipinski definition) is 5. The summed E-state index contributed by atoms with van der Waals surface area (Å²) in [6, 6.07) is 6.23. The maximum absolute atomic E-state index is 13.9. The van der Waals surface area contributed by atoms with Crippen molar-refractivity contribution in [2.75, 3.05) is 14.2 Å². The van der Waals surface area contributed by atoms with Crippen LogP contribution in [0.15, 0.2) is 40.3 Å². The Balaban J connectivity index is 2.16. The fourth-order valence-corrected chi connectivity index (χ4v) is 2.85. The van der Waals surface area contributed by atoms with Crippen molar-refractivity contribution in [1.29, 1.82) is 0 Å². The molecule has 25 heavy (non-hydrogen) atoms. The first-order valence-corrected chi connectivity index (χ1v) is 7.50. The van der Waals surface area contributed by atoms with Gasteiger partial charge in [-0.15, -0.1) is 0 Å². The Bertz CT molecular complexity index is 899. The number of ketones is 1. The smallest absolute Gasteiger partial charge is 0.295 e. The zero-order valence-corrected chi connectivity index (χ0v) is 13.9. The van der Waals surface area contributed by atoms with Gasteiger partial charge in [-0.25, -0.2) is 4.39 Å². The third-order valence-electron chi connectivity index (χ3n) is 4.13. The van der Waals surface area contributed by atoms with E-state index in [0.29, 0.717) is 11.5 Å². The first kappa shape index (κ1) is 16.8. The molecular weight excluding hydrogens is 329 g/mol. The van der Waals surface area contributed by atoms with Gasteiger partial charge in [0.25, 0.3) is 11.7 Å². The number of likely N-dealkylation sites (tertiary alicyclic amines) is 1. The van der Waals surface area contributed by atoms with Gasteiger partial charge in [0.05, 0.1) is 12.7 Å². The molecule has 1 atom stereocenters. The van der Waals surface area contributed by atoms with E-state index in [2.05, 4.69) is 0 Å². The monoisotopic (exact) mass is 345 g/mol. The highest BCUT2D eigenvalue weighted by atomic mass is 19.1. The summed E-state index contributed by atoms with van der Waals surface area (Å²) in [7, 11) is 2.76. The molecule has 1 aliphatic rings. The number of hydrogen-bond donors (Lipinski definition) is 1. The third-order valence-corrected chi connectivity index (χ3v) is 4.13. The van der Waals surface area contributed by atoms with Crippen molar-refractivity contribution >= 4 is 17.4 Å². The molecule has 1 amide bonds. The summed E-state index contributed by atoms with van der Waals surface area (Å²) in [5.41, 5.74) is -0.0792. The highest BCUT2D eigenvalue weighted by Crippen LogP contribution is 2.39. The maximum Gasteiger partial charge on any atom is 0.295 e. The molecule has 2 aromatic rings. The first-order valence-electron chi connectivity index (χ1n) is 7.50. The molecule has 0 aliphatic carbocycles. The number of aliphatic hydroxyl groups is 1. The van der Waals surface area contributed by atoms with Crippen LogP contribution in [-0.4, -0.2) is 35.9 Å². The van der Waals surface area contributed by atoms with E-state index in [-0.39, 0.29) is 16.9 Å². The van der Waals surface area contributed by atoms with Crippen LogP contribution in [0.25, 0.3) is 5.76 Å². The zero-order chi connectivity index (χ0) is 18.3. The first-order chi connectivity index (χ1) is 11.8. The average Bonchev–Trinajstić information content (AvgIpc) is 3.11. The predicted octanol–water partition coefficient (Wildman–Crippen LogP) is 2.79. The van der Waals surface area contributed by atoms with Crippen LogP contribution >= 0.6 is 0 Å². The molecule has 0 saturated carbocycles. The van der Waals surface area contributed by atoms with Crippen molar-refractivity contribution in [1.82, 2.24) is 4.90 Å². The second kappa shape index (κ2) is 6.08. The minimum absolute atomic E-state index is 0.00528. The molecule has 130 valence electrons. The second-order valence-corrected chi connectivity index (χ2v) is 5.71. The quantitative estimate of drug-likeness (QED) is 0.526. The van der Waals surface area contributed by atoms with Crippen molar-refractivity contribution in [2.24, 2.45) is 0 Å². The van der Waals surface area contributed by atoms with Crippen molar-refractivity contribution < 1.29 is 28.2 Å². The highest BCUT2D eigenvalue weighted by Gasteiger charge is 2.45. The Labute approximate surface area is 143 Å². The molecule has 1 unspecified atom stereocenters. The number of furan rings is 1. The zero-order valence-electron chi connectivity index (χ0n) is 13.9. The van der Waals surface area contributed by atoms with E-state index >= 15 is 0 Å². The van der Waals surface area contributed by atoms with Gasteiger partial charge in [0.2, 0.25) is 0 Å². The van der Waals surface area contributed by atoms with Crippen LogP contribution in [0.2, 0.25) is 0 Å². The predicted molar refractivity (Wildman–Crippen MR) is 86.5 cm³/mol. The summed E-state index contributed by atoms with van der Waals surface area (Å²) in [5, 5.41) is 10.6. The van der Waals surface area contributed by atoms with E-state index in [0.717, 1.165) is 6.07 Å². The second-order valence-electron chi connectivity index (χ2n) is 5.71. The fourth-order valence-electron chi connectivity index (χ4n) is 2.85. The highest BCUT2D eigenvalue weighted by molar-refractivity contribution is 6.46. The lowest BCUT2D eigenvalue weighted by atomic mass is 9.99. The summed E-state index contributed by atoms with van der Waals surface area (Å²) in [5.74, 6) is -1.83. The van der Waals surface area contributed by atoms with Gasteiger partial charge in [-0.3, -0.25) is 9.59 Å². The molecule has 1 fully saturated rings. The maximum atomic E-state index is 13.9. The Kier molecular flexibility index (Phi) is 4.08. The van der Waals surface area contributed by atoms with E-state index in [9.17, 15) is 19.1 Å². The largest absolute Gasteiger partial charge is 0.507 e. The van der Waals surface area contributed by atoms with E-state index in [1.807, 2.05) is 0 Å². The summed E-state index contributed by atoms with van der Waals surface area (Å²) < 4.78 is 24.3. The molecule has 2 heterocycles. The molecule has 0 spiro atoms. The molecule has 1 aromatic carbocycles. The Morgan fingerprint density at radius 3 is 2.56 bits per heavy atom. The average molecular weight is 345 g/mol. The fraction of sp³-hybridized carbons (Fsp3) is 0.222. The number of halogens is 1. The molecule has 0 bridgehead atoms. The number of aryl methyl sites for hydroxylation is 1. The lowest BCUT2D eigenvalue weighted by molar-refractivity contribution is -0.139. The van der Waals surface area contributed by atoms with E-state index in [1.54, 1.807) is 19.1 Å². The van der Waals surface area contributed by atoms with Gasteiger partial charge in [0.15, 0.2) is 11.6 Å². The Hall–Kier alpha value is -3.09. The van der Waals surface area contributed by atoms with Crippen LogP contribution in [0.3, 0.4) is 0 Å². The lowest BCUT2D eigenvalue weighted by Crippen LogP contribution is -2.24. The van der Waals surface area contributed by atoms with Crippen LogP contribution in [0.1, 0.15) is 23.1 Å². The minimum atomic E-state index is -0.876. The lowest BCUT2D eigenvalue weighted by Gasteiger charge is -2.18. The molecule has 3 rings (SSSR count). The minimum Gasteiger partial charge on any atom is -0.507 e. The summed E-state index contributed by atoms with van der Waals surface area (Å²) in [6.45, 7) is 1.73. The number of carbonyl (C=O) groups excluding carboxylic acids is 2. The number of nitrogens with zero attached hydrogens (tertiary/aromatic N) is 1. The SMILES string of the molecule is COc1ccc(/C(O)=C2\C(=O)C(=O)N(C)C2c2ccc(C)o2)cc1F.